The first-order valence-electron chi connectivity index (χ1n) is 6.04. The largest absolute Gasteiger partial charge is 0.480 e. The van der Waals surface area contributed by atoms with Crippen LogP contribution in [0.1, 0.15) is 12.0 Å². The Labute approximate surface area is 114 Å². The molecule has 1 aliphatic rings. The lowest BCUT2D eigenvalue weighted by Crippen LogP contribution is -2.46. The van der Waals surface area contributed by atoms with E-state index in [9.17, 15) is 14.7 Å². The molecule has 6 nitrogen and oxygen atoms in total. The molecule has 3 N–H and O–H groups in total. The molecular formula is C12H16N2O4S. The number of aliphatic hydroxyl groups excluding tert-OH is 1. The van der Waals surface area contributed by atoms with Gasteiger partial charge in [0.2, 0.25) is 0 Å². The van der Waals surface area contributed by atoms with Crippen molar-refractivity contribution in [2.75, 3.05) is 13.1 Å². The number of urea groups is 1. The summed E-state index contributed by atoms with van der Waals surface area (Å²) in [5.74, 6) is -1.08. The highest BCUT2D eigenvalue weighted by Crippen LogP contribution is 2.18. The van der Waals surface area contributed by atoms with Crippen molar-refractivity contribution in [3.05, 3.63) is 22.4 Å². The van der Waals surface area contributed by atoms with Gasteiger partial charge in [0, 0.05) is 19.5 Å². The first kappa shape index (κ1) is 13.8. The van der Waals surface area contributed by atoms with Gasteiger partial charge in [-0.1, -0.05) is 0 Å². The Morgan fingerprint density at radius 3 is 2.95 bits per heavy atom. The Morgan fingerprint density at radius 1 is 1.53 bits per heavy atom. The van der Waals surface area contributed by atoms with E-state index in [0.717, 1.165) is 5.56 Å². The molecule has 1 aliphatic heterocycles. The number of hydrogen-bond acceptors (Lipinski definition) is 4. The van der Waals surface area contributed by atoms with Crippen LogP contribution in [0.4, 0.5) is 4.79 Å². The van der Waals surface area contributed by atoms with Crippen LogP contribution in [0.15, 0.2) is 16.8 Å². The van der Waals surface area contributed by atoms with Gasteiger partial charge in [-0.3, -0.25) is 0 Å². The van der Waals surface area contributed by atoms with Crippen LogP contribution in [-0.2, 0) is 11.2 Å². The first-order chi connectivity index (χ1) is 9.08. The third kappa shape index (κ3) is 3.45. The Morgan fingerprint density at radius 2 is 2.32 bits per heavy atom. The molecule has 2 amide bonds. The topological polar surface area (TPSA) is 89.9 Å². The lowest BCUT2D eigenvalue weighted by molar-refractivity contribution is -0.141. The molecule has 19 heavy (non-hydrogen) atoms. The zero-order chi connectivity index (χ0) is 13.8. The van der Waals surface area contributed by atoms with E-state index in [0.29, 0.717) is 13.0 Å². The van der Waals surface area contributed by atoms with E-state index in [-0.39, 0.29) is 13.0 Å². The molecule has 1 saturated heterocycles. The number of β-amino-alcohol motifs (C(OH)–C–C–N with tert-alkyl or cyclic N) is 1. The van der Waals surface area contributed by atoms with Gasteiger partial charge in [-0.15, -0.1) is 0 Å². The predicted molar refractivity (Wildman–Crippen MR) is 70.2 cm³/mol. The van der Waals surface area contributed by atoms with Crippen LogP contribution in [0.3, 0.4) is 0 Å². The van der Waals surface area contributed by atoms with Crippen LogP contribution in [0.25, 0.3) is 0 Å². The number of aliphatic hydroxyl groups is 1. The maximum absolute atomic E-state index is 11.9. The Kier molecular flexibility index (Phi) is 4.39. The Bertz CT molecular complexity index is 449. The zero-order valence-electron chi connectivity index (χ0n) is 10.3. The van der Waals surface area contributed by atoms with Crippen molar-refractivity contribution < 1.29 is 19.8 Å². The fourth-order valence-corrected chi connectivity index (χ4v) is 2.83. The van der Waals surface area contributed by atoms with Crippen molar-refractivity contribution in [3.63, 3.8) is 0 Å². The van der Waals surface area contributed by atoms with Crippen molar-refractivity contribution >= 4 is 23.3 Å². The van der Waals surface area contributed by atoms with Crippen LogP contribution >= 0.6 is 11.3 Å². The molecule has 1 fully saturated rings. The van der Waals surface area contributed by atoms with E-state index in [2.05, 4.69) is 5.32 Å². The van der Waals surface area contributed by atoms with E-state index in [1.807, 2.05) is 16.8 Å². The Balaban J connectivity index is 1.83. The minimum absolute atomic E-state index is 0.0707. The van der Waals surface area contributed by atoms with Gasteiger partial charge < -0.3 is 20.4 Å². The molecule has 1 aromatic heterocycles. The van der Waals surface area contributed by atoms with E-state index >= 15 is 0 Å². The van der Waals surface area contributed by atoms with Crippen molar-refractivity contribution in [2.24, 2.45) is 0 Å². The summed E-state index contributed by atoms with van der Waals surface area (Å²) in [5.41, 5.74) is 1.14. The predicted octanol–water partition coefficient (Wildman–Crippen LogP) is 0.520. The van der Waals surface area contributed by atoms with Crippen molar-refractivity contribution in [1.29, 1.82) is 0 Å². The number of carboxylic acids is 1. The molecule has 0 unspecified atom stereocenters. The molecule has 104 valence electrons. The summed E-state index contributed by atoms with van der Waals surface area (Å²) in [6, 6.07) is 0.617. The lowest BCUT2D eigenvalue weighted by Gasteiger charge is -2.21. The van der Waals surface area contributed by atoms with Crippen molar-refractivity contribution in [1.82, 2.24) is 10.2 Å². The minimum Gasteiger partial charge on any atom is -0.480 e. The molecule has 0 aliphatic carbocycles. The molecule has 0 bridgehead atoms. The van der Waals surface area contributed by atoms with Crippen molar-refractivity contribution in [2.45, 2.75) is 25.0 Å². The number of carbonyl (C=O) groups is 2. The molecule has 2 atom stereocenters. The van der Waals surface area contributed by atoms with E-state index in [1.165, 1.54) is 4.90 Å². The molecule has 0 saturated carbocycles. The SMILES string of the molecule is O=C(O)[C@@H]1C[C@H](O)CN1C(=O)NCCc1ccsc1. The summed E-state index contributed by atoms with van der Waals surface area (Å²) < 4.78 is 0. The van der Waals surface area contributed by atoms with Crippen LogP contribution in [0.2, 0.25) is 0 Å². The van der Waals surface area contributed by atoms with Gasteiger partial charge in [0.1, 0.15) is 6.04 Å². The summed E-state index contributed by atoms with van der Waals surface area (Å²) >= 11 is 1.59. The van der Waals surface area contributed by atoms with Gasteiger partial charge >= 0.3 is 12.0 Å². The lowest BCUT2D eigenvalue weighted by atomic mass is 10.2. The summed E-state index contributed by atoms with van der Waals surface area (Å²) in [6.45, 7) is 0.524. The van der Waals surface area contributed by atoms with Gasteiger partial charge in [-0.05, 0) is 28.8 Å². The molecule has 0 spiro atoms. The van der Waals surface area contributed by atoms with Crippen LogP contribution in [0, 0.1) is 0 Å². The van der Waals surface area contributed by atoms with Gasteiger partial charge in [0.05, 0.1) is 6.10 Å². The monoisotopic (exact) mass is 284 g/mol. The van der Waals surface area contributed by atoms with Crippen LogP contribution < -0.4 is 5.32 Å². The second-order valence-corrected chi connectivity index (χ2v) is 5.29. The highest BCUT2D eigenvalue weighted by atomic mass is 32.1. The molecule has 1 aromatic rings. The fourth-order valence-electron chi connectivity index (χ4n) is 2.12. The number of carbonyl (C=O) groups excluding carboxylic acids is 1. The number of carboxylic acid groups (broad SMARTS) is 1. The summed E-state index contributed by atoms with van der Waals surface area (Å²) in [5, 5.41) is 25.1. The standard InChI is InChI=1S/C12H16N2O4S/c15-9-5-10(11(16)17)14(6-9)12(18)13-3-1-8-2-4-19-7-8/h2,4,7,9-10,15H,1,3,5-6H2,(H,13,18)(H,16,17)/t9-,10-/m0/s1. The van der Waals surface area contributed by atoms with Crippen LogP contribution in [0.5, 0.6) is 0 Å². The van der Waals surface area contributed by atoms with E-state index < -0.39 is 24.1 Å². The average Bonchev–Trinajstić information content (AvgIpc) is 2.98. The maximum atomic E-state index is 11.9. The number of likely N-dealkylation sites (tertiary alicyclic amines) is 1. The van der Waals surface area contributed by atoms with Crippen LogP contribution in [-0.4, -0.2) is 52.3 Å². The van der Waals surface area contributed by atoms with Gasteiger partial charge in [0.15, 0.2) is 0 Å². The van der Waals surface area contributed by atoms with Gasteiger partial charge in [-0.2, -0.15) is 11.3 Å². The quantitative estimate of drug-likeness (QED) is 0.752. The molecule has 2 rings (SSSR count). The summed E-state index contributed by atoms with van der Waals surface area (Å²) in [7, 11) is 0. The summed E-state index contributed by atoms with van der Waals surface area (Å²) in [4.78, 5) is 24.0. The van der Waals surface area contributed by atoms with Gasteiger partial charge in [-0.25, -0.2) is 9.59 Å². The highest BCUT2D eigenvalue weighted by Gasteiger charge is 2.38. The second kappa shape index (κ2) is 6.03. The second-order valence-electron chi connectivity index (χ2n) is 4.51. The maximum Gasteiger partial charge on any atom is 0.326 e. The molecule has 7 heteroatoms. The highest BCUT2D eigenvalue weighted by molar-refractivity contribution is 7.07. The first-order valence-corrected chi connectivity index (χ1v) is 6.98. The molecule has 2 heterocycles. The van der Waals surface area contributed by atoms with E-state index in [1.54, 1.807) is 11.3 Å². The smallest absolute Gasteiger partial charge is 0.326 e. The number of aliphatic carboxylic acids is 1. The number of rotatable bonds is 4. The number of hydrogen-bond donors (Lipinski definition) is 3. The fraction of sp³-hybridized carbons (Fsp3) is 0.500. The molecule has 0 aromatic carbocycles. The number of amides is 2. The summed E-state index contributed by atoms with van der Waals surface area (Å²) in [6.07, 6.45) is 0.0418. The average molecular weight is 284 g/mol. The van der Waals surface area contributed by atoms with Gasteiger partial charge in [0.25, 0.3) is 0 Å². The third-order valence-electron chi connectivity index (χ3n) is 3.09. The third-order valence-corrected chi connectivity index (χ3v) is 3.83. The number of thiophene rings is 1. The van der Waals surface area contributed by atoms with E-state index in [4.69, 9.17) is 5.11 Å². The molecule has 0 radical (unpaired) electrons. The molecular weight excluding hydrogens is 268 g/mol. The minimum atomic E-state index is -1.08. The normalized spacial score (nSPS) is 22.5. The number of nitrogens with one attached hydrogen (secondary N) is 1. The number of nitrogens with zero attached hydrogens (tertiary/aromatic N) is 1. The zero-order valence-corrected chi connectivity index (χ0v) is 11.1. The van der Waals surface area contributed by atoms with Crippen molar-refractivity contribution in [3.8, 4) is 0 Å². The Hall–Kier alpha value is -1.60.